The Morgan fingerprint density at radius 3 is 2.28 bits per heavy atom. The maximum Gasteiger partial charge on any atom is 0.328 e. The lowest BCUT2D eigenvalue weighted by Crippen LogP contribution is -2.40. The molecule has 1 aromatic carbocycles. The Balaban J connectivity index is 0.000000547. The first-order valence-corrected chi connectivity index (χ1v) is 10.8. The number of aliphatic carboxylic acids is 2. The normalized spacial score (nSPS) is 12.2. The third kappa shape index (κ3) is 12.6. The molecular weight excluding hydrogens is 433 g/mol. The van der Waals surface area contributed by atoms with Crippen molar-refractivity contribution in [1.82, 2.24) is 0 Å². The van der Waals surface area contributed by atoms with E-state index in [4.69, 9.17) is 15.9 Å². The number of hydrogen-bond acceptors (Lipinski definition) is 5. The van der Waals surface area contributed by atoms with Crippen LogP contribution in [0.5, 0.6) is 0 Å². The third-order valence-electron chi connectivity index (χ3n) is 4.23. The van der Waals surface area contributed by atoms with Crippen LogP contribution in [0.3, 0.4) is 0 Å². The molecule has 2 rings (SSSR count). The minimum atomic E-state index is -1.26. The molecule has 172 valence electrons. The number of aryl methyl sites for hydroxylation is 2. The lowest BCUT2D eigenvalue weighted by Gasteiger charge is -2.20. The predicted molar refractivity (Wildman–Crippen MR) is 123 cm³/mol. The van der Waals surface area contributed by atoms with Gasteiger partial charge in [-0.15, -0.1) is 11.3 Å². The van der Waals surface area contributed by atoms with Crippen LogP contribution >= 0.6 is 11.3 Å². The number of unbranched alkanes of at least 4 members (excludes halogenated alkanes) is 1. The minimum absolute atomic E-state index is 0.000899. The highest BCUT2D eigenvalue weighted by Crippen LogP contribution is 2.19. The number of aliphatic hydroxyl groups is 1. The second kappa shape index (κ2) is 14.1. The Hall–Kier alpha value is -2.99. The van der Waals surface area contributed by atoms with Crippen LogP contribution in [0.4, 0.5) is 4.39 Å². The number of carboxylic acids is 2. The number of hydrogen-bond donors (Lipinski definition) is 4. The summed E-state index contributed by atoms with van der Waals surface area (Å²) in [6.07, 6.45) is 5.46. The molecule has 1 atom stereocenters. The second-order valence-corrected chi connectivity index (χ2v) is 8.54. The molecule has 0 spiro atoms. The van der Waals surface area contributed by atoms with Crippen molar-refractivity contribution in [3.8, 4) is 11.8 Å². The summed E-state index contributed by atoms with van der Waals surface area (Å²) in [6.45, 7) is 1.86. The van der Waals surface area contributed by atoms with Gasteiger partial charge in [-0.25, -0.2) is 14.0 Å². The van der Waals surface area contributed by atoms with Gasteiger partial charge in [-0.3, -0.25) is 0 Å². The predicted octanol–water partition coefficient (Wildman–Crippen LogP) is 3.62. The molecule has 1 heterocycles. The number of carbonyl (C=O) groups is 2. The fourth-order valence-corrected chi connectivity index (χ4v) is 3.27. The van der Waals surface area contributed by atoms with Gasteiger partial charge in [0.2, 0.25) is 0 Å². The van der Waals surface area contributed by atoms with Crippen molar-refractivity contribution >= 4 is 23.3 Å². The molecule has 0 radical (unpaired) electrons. The Morgan fingerprint density at radius 2 is 1.72 bits per heavy atom. The van der Waals surface area contributed by atoms with Crippen molar-refractivity contribution in [2.24, 2.45) is 5.73 Å². The minimum Gasteiger partial charge on any atom is -0.478 e. The first kappa shape index (κ1) is 27.0. The molecule has 0 bridgehead atoms. The lowest BCUT2D eigenvalue weighted by atomic mass is 9.98. The molecule has 0 aliphatic carbocycles. The maximum absolute atomic E-state index is 12.8. The van der Waals surface area contributed by atoms with E-state index in [0.29, 0.717) is 12.2 Å². The van der Waals surface area contributed by atoms with Crippen LogP contribution in [0.1, 0.15) is 41.5 Å². The first-order valence-electron chi connectivity index (χ1n) is 9.97. The van der Waals surface area contributed by atoms with Crippen molar-refractivity contribution in [2.45, 2.75) is 44.6 Å². The summed E-state index contributed by atoms with van der Waals surface area (Å²) in [5.41, 5.74) is 6.57. The van der Waals surface area contributed by atoms with E-state index in [2.05, 4.69) is 17.9 Å². The van der Waals surface area contributed by atoms with Gasteiger partial charge in [0, 0.05) is 29.0 Å². The highest BCUT2D eigenvalue weighted by molar-refractivity contribution is 7.12. The molecule has 2 aromatic rings. The van der Waals surface area contributed by atoms with E-state index < -0.39 is 17.5 Å². The fraction of sp³-hybridized carbons (Fsp3) is 0.333. The fourth-order valence-electron chi connectivity index (χ4n) is 2.39. The zero-order valence-corrected chi connectivity index (χ0v) is 18.7. The molecular formula is C24H28FNO5S. The van der Waals surface area contributed by atoms with Crippen LogP contribution in [0, 0.1) is 17.7 Å². The van der Waals surface area contributed by atoms with Crippen LogP contribution in [0.25, 0.3) is 0 Å². The number of halogens is 1. The summed E-state index contributed by atoms with van der Waals surface area (Å²) >= 11 is 1.69. The first-order chi connectivity index (χ1) is 15.1. The zero-order chi connectivity index (χ0) is 24.0. The van der Waals surface area contributed by atoms with Crippen molar-refractivity contribution in [3.05, 3.63) is 69.7 Å². The van der Waals surface area contributed by atoms with Gasteiger partial charge in [0.1, 0.15) is 5.82 Å². The van der Waals surface area contributed by atoms with Gasteiger partial charge in [-0.1, -0.05) is 24.0 Å². The standard InChI is InChI=1S/C20H24FNOS.C4H4O4/c1-20(22,15-23)14-13-19-12-11-18(24-19)6-4-2-3-5-16-7-9-17(21)10-8-16;5-3(6)1-2-4(7)8/h7-12,23H,2-3,5,13-15,22H2,1H3;1-2H,(H,5,6)(H,7,8). The van der Waals surface area contributed by atoms with Gasteiger partial charge in [0.05, 0.1) is 11.5 Å². The Kier molecular flexibility index (Phi) is 12.0. The van der Waals surface area contributed by atoms with Crippen LogP contribution in [0.2, 0.25) is 0 Å². The second-order valence-electron chi connectivity index (χ2n) is 7.37. The van der Waals surface area contributed by atoms with Crippen molar-refractivity contribution < 1.29 is 29.3 Å². The average molecular weight is 462 g/mol. The van der Waals surface area contributed by atoms with E-state index in [1.165, 1.54) is 17.0 Å². The molecule has 5 N–H and O–H groups in total. The summed E-state index contributed by atoms with van der Waals surface area (Å²) in [6, 6.07) is 10.8. The Bertz CT molecular complexity index is 939. The molecule has 0 fully saturated rings. The summed E-state index contributed by atoms with van der Waals surface area (Å²) in [5.74, 6) is 3.69. The smallest absolute Gasteiger partial charge is 0.328 e. The van der Waals surface area contributed by atoms with Crippen LogP contribution < -0.4 is 5.73 Å². The van der Waals surface area contributed by atoms with Gasteiger partial charge in [0.15, 0.2) is 0 Å². The number of thiophene rings is 1. The van der Waals surface area contributed by atoms with Crippen molar-refractivity contribution in [3.63, 3.8) is 0 Å². The number of nitrogens with two attached hydrogens (primary N) is 1. The van der Waals surface area contributed by atoms with E-state index in [1.807, 2.05) is 25.1 Å². The van der Waals surface area contributed by atoms with E-state index in [-0.39, 0.29) is 12.4 Å². The number of benzene rings is 1. The SMILES string of the molecule is CC(N)(CO)CCc1ccc(C#CCCCc2ccc(F)cc2)s1.O=C(O)C=CC(=O)O. The van der Waals surface area contributed by atoms with Gasteiger partial charge in [0.25, 0.3) is 0 Å². The van der Waals surface area contributed by atoms with Crippen LogP contribution in [0.15, 0.2) is 48.6 Å². The molecule has 0 aliphatic rings. The lowest BCUT2D eigenvalue weighted by molar-refractivity contribution is -0.134. The van der Waals surface area contributed by atoms with Crippen molar-refractivity contribution in [2.75, 3.05) is 6.61 Å². The molecule has 0 saturated carbocycles. The summed E-state index contributed by atoms with van der Waals surface area (Å²) in [4.78, 5) is 21.4. The summed E-state index contributed by atoms with van der Waals surface area (Å²) in [7, 11) is 0. The molecule has 6 nitrogen and oxygen atoms in total. The maximum atomic E-state index is 12.8. The number of carboxylic acid groups (broad SMARTS) is 2. The van der Waals surface area contributed by atoms with Crippen LogP contribution in [-0.4, -0.2) is 39.4 Å². The molecule has 0 amide bonds. The zero-order valence-electron chi connectivity index (χ0n) is 17.9. The van der Waals surface area contributed by atoms with Gasteiger partial charge in [-0.2, -0.15) is 0 Å². The highest BCUT2D eigenvalue weighted by atomic mass is 32.1. The van der Waals surface area contributed by atoms with E-state index in [0.717, 1.165) is 42.5 Å². The molecule has 0 aliphatic heterocycles. The van der Waals surface area contributed by atoms with E-state index in [1.54, 1.807) is 11.3 Å². The molecule has 1 unspecified atom stereocenters. The molecule has 32 heavy (non-hydrogen) atoms. The quantitative estimate of drug-likeness (QED) is 0.257. The van der Waals surface area contributed by atoms with Gasteiger partial charge < -0.3 is 21.1 Å². The topological polar surface area (TPSA) is 121 Å². The molecule has 1 aromatic heterocycles. The number of aliphatic hydroxyl groups excluding tert-OH is 1. The number of rotatable bonds is 9. The van der Waals surface area contributed by atoms with E-state index in [9.17, 15) is 19.1 Å². The summed E-state index contributed by atoms with van der Waals surface area (Å²) in [5, 5.41) is 24.8. The summed E-state index contributed by atoms with van der Waals surface area (Å²) < 4.78 is 12.8. The Labute approximate surface area is 191 Å². The van der Waals surface area contributed by atoms with Crippen LogP contribution in [-0.2, 0) is 22.4 Å². The van der Waals surface area contributed by atoms with Gasteiger partial charge >= 0.3 is 11.9 Å². The highest BCUT2D eigenvalue weighted by Gasteiger charge is 2.16. The van der Waals surface area contributed by atoms with E-state index >= 15 is 0 Å². The molecule has 8 heteroatoms. The van der Waals surface area contributed by atoms with Crippen molar-refractivity contribution in [1.29, 1.82) is 0 Å². The monoisotopic (exact) mass is 461 g/mol. The third-order valence-corrected chi connectivity index (χ3v) is 5.29. The Morgan fingerprint density at radius 1 is 1.09 bits per heavy atom. The average Bonchev–Trinajstić information content (AvgIpc) is 3.20. The van der Waals surface area contributed by atoms with Gasteiger partial charge in [-0.05, 0) is 62.4 Å². The molecule has 0 saturated heterocycles. The largest absolute Gasteiger partial charge is 0.478 e.